The fraction of sp³-hybridized carbons (Fsp3) is 0.500. The van der Waals surface area contributed by atoms with E-state index in [0.717, 1.165) is 0 Å². The quantitative estimate of drug-likeness (QED) is 0.771. The number of nitrogens with one attached hydrogen (secondary N) is 1. The van der Waals surface area contributed by atoms with Crippen molar-refractivity contribution in [2.24, 2.45) is 5.92 Å². The number of hydrogen-bond donors (Lipinski definition) is 2. The molecule has 0 aliphatic heterocycles. The average molecular weight is 271 g/mol. The van der Waals surface area contributed by atoms with Crippen LogP contribution in [0.4, 0.5) is 11.4 Å². The molecule has 1 aromatic carbocycles. The highest BCUT2D eigenvalue weighted by Crippen LogP contribution is 2.18. The monoisotopic (exact) mass is 271 g/mol. The SMILES string of the molecule is CCN(c1ccc(N)cc1)S(=O)(=O)NCC(C)C. The van der Waals surface area contributed by atoms with E-state index in [1.807, 2.05) is 13.8 Å². The van der Waals surface area contributed by atoms with E-state index in [2.05, 4.69) is 4.72 Å². The van der Waals surface area contributed by atoms with Crippen molar-refractivity contribution in [3.8, 4) is 0 Å². The minimum absolute atomic E-state index is 0.268. The highest BCUT2D eigenvalue weighted by atomic mass is 32.2. The van der Waals surface area contributed by atoms with Crippen LogP contribution in [0.5, 0.6) is 0 Å². The van der Waals surface area contributed by atoms with Crippen molar-refractivity contribution in [2.75, 3.05) is 23.1 Å². The van der Waals surface area contributed by atoms with Gasteiger partial charge < -0.3 is 5.73 Å². The molecule has 1 rings (SSSR count). The van der Waals surface area contributed by atoms with Crippen LogP contribution in [-0.2, 0) is 10.2 Å². The molecule has 0 atom stereocenters. The maximum Gasteiger partial charge on any atom is 0.301 e. The Kier molecular flexibility index (Phi) is 4.98. The van der Waals surface area contributed by atoms with Gasteiger partial charge in [-0.25, -0.2) is 0 Å². The van der Waals surface area contributed by atoms with Gasteiger partial charge in [0.1, 0.15) is 0 Å². The van der Waals surface area contributed by atoms with Crippen molar-refractivity contribution >= 4 is 21.6 Å². The summed E-state index contributed by atoms with van der Waals surface area (Å²) in [5.41, 5.74) is 6.82. The largest absolute Gasteiger partial charge is 0.399 e. The first-order valence-electron chi connectivity index (χ1n) is 5.99. The van der Waals surface area contributed by atoms with Crippen LogP contribution in [0.25, 0.3) is 0 Å². The van der Waals surface area contributed by atoms with Gasteiger partial charge in [0.25, 0.3) is 0 Å². The smallest absolute Gasteiger partial charge is 0.301 e. The van der Waals surface area contributed by atoms with Crippen LogP contribution in [0.1, 0.15) is 20.8 Å². The van der Waals surface area contributed by atoms with Crippen molar-refractivity contribution in [3.05, 3.63) is 24.3 Å². The van der Waals surface area contributed by atoms with Gasteiger partial charge in [-0.3, -0.25) is 4.31 Å². The summed E-state index contributed by atoms with van der Waals surface area (Å²) in [5, 5.41) is 0. The van der Waals surface area contributed by atoms with Crippen LogP contribution in [0.3, 0.4) is 0 Å². The molecule has 18 heavy (non-hydrogen) atoms. The molecule has 0 spiro atoms. The van der Waals surface area contributed by atoms with Crippen molar-refractivity contribution < 1.29 is 8.42 Å². The van der Waals surface area contributed by atoms with Crippen LogP contribution in [0.15, 0.2) is 24.3 Å². The number of anilines is 2. The summed E-state index contributed by atoms with van der Waals surface area (Å²) in [6.07, 6.45) is 0. The molecule has 0 saturated heterocycles. The van der Waals surface area contributed by atoms with Gasteiger partial charge in [-0.2, -0.15) is 13.1 Å². The maximum atomic E-state index is 12.1. The highest BCUT2D eigenvalue weighted by molar-refractivity contribution is 7.90. The lowest BCUT2D eigenvalue weighted by molar-refractivity contribution is 0.556. The van der Waals surface area contributed by atoms with E-state index in [0.29, 0.717) is 24.5 Å². The normalized spacial score (nSPS) is 11.8. The molecule has 0 aliphatic carbocycles. The molecule has 0 unspecified atom stereocenters. The van der Waals surface area contributed by atoms with E-state index in [9.17, 15) is 8.42 Å². The van der Waals surface area contributed by atoms with Gasteiger partial charge >= 0.3 is 10.2 Å². The van der Waals surface area contributed by atoms with E-state index in [1.54, 1.807) is 31.2 Å². The summed E-state index contributed by atoms with van der Waals surface area (Å²) in [6, 6.07) is 6.78. The molecule has 3 N–H and O–H groups in total. The zero-order valence-corrected chi connectivity index (χ0v) is 11.9. The lowest BCUT2D eigenvalue weighted by atomic mass is 10.2. The predicted octanol–water partition coefficient (Wildman–Crippen LogP) is 1.59. The van der Waals surface area contributed by atoms with Crippen molar-refractivity contribution in [1.82, 2.24) is 4.72 Å². The van der Waals surface area contributed by atoms with Crippen LogP contribution in [-0.4, -0.2) is 21.5 Å². The molecule has 0 bridgehead atoms. The maximum absolute atomic E-state index is 12.1. The molecule has 1 aromatic rings. The summed E-state index contributed by atoms with van der Waals surface area (Å²) in [5.74, 6) is 0.268. The Hall–Kier alpha value is -1.27. The molecule has 0 radical (unpaired) electrons. The van der Waals surface area contributed by atoms with Crippen molar-refractivity contribution in [2.45, 2.75) is 20.8 Å². The molecule has 6 heteroatoms. The summed E-state index contributed by atoms with van der Waals surface area (Å²) in [4.78, 5) is 0. The first-order valence-corrected chi connectivity index (χ1v) is 7.43. The number of nitrogens with two attached hydrogens (primary N) is 1. The topological polar surface area (TPSA) is 75.4 Å². The zero-order valence-electron chi connectivity index (χ0n) is 11.1. The molecule has 0 amide bonds. The van der Waals surface area contributed by atoms with E-state index >= 15 is 0 Å². The van der Waals surface area contributed by atoms with Gasteiger partial charge in [-0.05, 0) is 37.1 Å². The van der Waals surface area contributed by atoms with Gasteiger partial charge in [-0.1, -0.05) is 13.8 Å². The molecular weight excluding hydrogens is 250 g/mol. The van der Waals surface area contributed by atoms with Gasteiger partial charge in [0, 0.05) is 18.8 Å². The number of nitrogens with zero attached hydrogens (tertiary/aromatic N) is 1. The van der Waals surface area contributed by atoms with E-state index < -0.39 is 10.2 Å². The Balaban J connectivity index is 2.92. The number of nitrogen functional groups attached to an aromatic ring is 1. The summed E-state index contributed by atoms with van der Waals surface area (Å²) in [7, 11) is -3.49. The fourth-order valence-electron chi connectivity index (χ4n) is 1.48. The van der Waals surface area contributed by atoms with Crippen LogP contribution in [0, 0.1) is 5.92 Å². The van der Waals surface area contributed by atoms with E-state index in [-0.39, 0.29) is 5.92 Å². The number of hydrogen-bond acceptors (Lipinski definition) is 3. The minimum Gasteiger partial charge on any atom is -0.399 e. The molecule has 0 saturated carbocycles. The van der Waals surface area contributed by atoms with Crippen molar-refractivity contribution in [3.63, 3.8) is 0 Å². The van der Waals surface area contributed by atoms with Crippen LogP contribution >= 0.6 is 0 Å². The van der Waals surface area contributed by atoms with Crippen molar-refractivity contribution in [1.29, 1.82) is 0 Å². The molecule has 5 nitrogen and oxygen atoms in total. The minimum atomic E-state index is -3.49. The van der Waals surface area contributed by atoms with Crippen LogP contribution < -0.4 is 14.8 Å². The first kappa shape index (κ1) is 14.8. The Labute approximate surface area is 109 Å². The molecule has 0 aromatic heterocycles. The molecule has 0 fully saturated rings. The second kappa shape index (κ2) is 6.06. The number of benzene rings is 1. The van der Waals surface area contributed by atoms with Crippen LogP contribution in [0.2, 0.25) is 0 Å². The second-order valence-corrected chi connectivity index (χ2v) is 6.18. The standard InChI is InChI=1S/C12H21N3O2S/c1-4-15(12-7-5-11(13)6-8-12)18(16,17)14-9-10(2)3/h5-8,10,14H,4,9,13H2,1-3H3. The molecule has 0 aliphatic rings. The lowest BCUT2D eigenvalue weighted by Crippen LogP contribution is -2.42. The Bertz CT molecular complexity index is 469. The van der Waals surface area contributed by atoms with Gasteiger partial charge in [0.15, 0.2) is 0 Å². The lowest BCUT2D eigenvalue weighted by Gasteiger charge is -2.23. The highest BCUT2D eigenvalue weighted by Gasteiger charge is 2.20. The predicted molar refractivity (Wildman–Crippen MR) is 75.6 cm³/mol. The van der Waals surface area contributed by atoms with Gasteiger partial charge in [-0.15, -0.1) is 0 Å². The van der Waals surface area contributed by atoms with Gasteiger partial charge in [0.2, 0.25) is 0 Å². The Morgan fingerprint density at radius 1 is 1.28 bits per heavy atom. The summed E-state index contributed by atoms with van der Waals surface area (Å²) in [6.45, 7) is 6.51. The third-order valence-electron chi connectivity index (χ3n) is 2.43. The van der Waals surface area contributed by atoms with E-state index in [4.69, 9.17) is 5.73 Å². The Morgan fingerprint density at radius 2 is 1.83 bits per heavy atom. The zero-order chi connectivity index (χ0) is 13.8. The molecule has 102 valence electrons. The summed E-state index contributed by atoms with van der Waals surface area (Å²) < 4.78 is 28.2. The summed E-state index contributed by atoms with van der Waals surface area (Å²) >= 11 is 0. The first-order chi connectivity index (χ1) is 8.36. The second-order valence-electron chi connectivity index (χ2n) is 4.50. The fourth-order valence-corrected chi connectivity index (χ4v) is 2.92. The third kappa shape index (κ3) is 3.89. The molecular formula is C12H21N3O2S. The average Bonchev–Trinajstić information content (AvgIpc) is 2.30. The third-order valence-corrected chi connectivity index (χ3v) is 4.01. The van der Waals surface area contributed by atoms with Gasteiger partial charge in [0.05, 0.1) is 5.69 Å². The Morgan fingerprint density at radius 3 is 2.28 bits per heavy atom. The molecule has 0 heterocycles. The number of rotatable bonds is 6. The van der Waals surface area contributed by atoms with E-state index in [1.165, 1.54) is 4.31 Å².